The van der Waals surface area contributed by atoms with E-state index in [2.05, 4.69) is 4.98 Å². The lowest BCUT2D eigenvalue weighted by atomic mass is 9.97. The van der Waals surface area contributed by atoms with Crippen molar-refractivity contribution >= 4 is 10.9 Å². The number of hydrogen-bond donors (Lipinski definition) is 1. The molecule has 1 atom stereocenters. The molecule has 0 aliphatic heterocycles. The van der Waals surface area contributed by atoms with Gasteiger partial charge in [-0.25, -0.2) is 0 Å². The SMILES string of the molecule is Cc1cc(C(O)c2ccccc2)c2ccccc2n1. The van der Waals surface area contributed by atoms with Crippen LogP contribution in [0, 0.1) is 6.92 Å². The van der Waals surface area contributed by atoms with E-state index in [0.29, 0.717) is 0 Å². The Bertz CT molecular complexity index is 707. The molecule has 0 bridgehead atoms. The molecule has 2 heteroatoms. The van der Waals surface area contributed by atoms with Crippen LogP contribution >= 0.6 is 0 Å². The third kappa shape index (κ3) is 2.23. The van der Waals surface area contributed by atoms with Crippen molar-refractivity contribution in [2.45, 2.75) is 13.0 Å². The highest BCUT2D eigenvalue weighted by molar-refractivity contribution is 5.83. The number of fused-ring (bicyclic) bond motifs is 1. The summed E-state index contributed by atoms with van der Waals surface area (Å²) in [5, 5.41) is 11.6. The molecule has 2 aromatic carbocycles. The van der Waals surface area contributed by atoms with Gasteiger partial charge in [0.15, 0.2) is 0 Å². The first-order valence-electron chi connectivity index (χ1n) is 6.35. The van der Waals surface area contributed by atoms with Gasteiger partial charge in [-0.2, -0.15) is 0 Å². The fourth-order valence-electron chi connectivity index (χ4n) is 2.38. The second-order valence-electron chi connectivity index (χ2n) is 4.68. The molecule has 94 valence electrons. The Balaban J connectivity index is 2.19. The van der Waals surface area contributed by atoms with Gasteiger partial charge in [-0.15, -0.1) is 0 Å². The molecule has 1 N–H and O–H groups in total. The predicted octanol–water partition coefficient (Wildman–Crippen LogP) is 3.62. The number of aromatic nitrogens is 1. The van der Waals surface area contributed by atoms with Crippen LogP contribution in [0.4, 0.5) is 0 Å². The molecule has 0 spiro atoms. The molecular weight excluding hydrogens is 234 g/mol. The Morgan fingerprint density at radius 1 is 0.947 bits per heavy atom. The topological polar surface area (TPSA) is 33.1 Å². The number of rotatable bonds is 2. The Morgan fingerprint density at radius 2 is 1.63 bits per heavy atom. The Kier molecular flexibility index (Phi) is 3.02. The molecule has 1 heterocycles. The zero-order valence-corrected chi connectivity index (χ0v) is 10.7. The first kappa shape index (κ1) is 11.9. The lowest BCUT2D eigenvalue weighted by molar-refractivity contribution is 0.221. The quantitative estimate of drug-likeness (QED) is 0.752. The Hall–Kier alpha value is -2.19. The van der Waals surface area contributed by atoms with Gasteiger partial charge in [0.25, 0.3) is 0 Å². The molecule has 0 fully saturated rings. The molecule has 0 saturated carbocycles. The normalized spacial score (nSPS) is 12.5. The number of pyridine rings is 1. The summed E-state index contributed by atoms with van der Waals surface area (Å²) >= 11 is 0. The number of benzene rings is 2. The number of aliphatic hydroxyl groups excluding tert-OH is 1. The van der Waals surface area contributed by atoms with Crippen LogP contribution in [0.15, 0.2) is 60.7 Å². The standard InChI is InChI=1S/C17H15NO/c1-12-11-15(14-9-5-6-10-16(14)18-12)17(19)13-7-3-2-4-8-13/h2-11,17,19H,1H3. The van der Waals surface area contributed by atoms with Gasteiger partial charge in [-0.1, -0.05) is 48.5 Å². The minimum Gasteiger partial charge on any atom is -0.384 e. The highest BCUT2D eigenvalue weighted by Gasteiger charge is 2.14. The van der Waals surface area contributed by atoms with Gasteiger partial charge in [-0.05, 0) is 30.2 Å². The van der Waals surface area contributed by atoms with E-state index in [9.17, 15) is 5.11 Å². The van der Waals surface area contributed by atoms with Crippen LogP contribution in [0.1, 0.15) is 22.9 Å². The minimum atomic E-state index is -0.618. The highest BCUT2D eigenvalue weighted by Crippen LogP contribution is 2.28. The van der Waals surface area contributed by atoms with E-state index < -0.39 is 6.10 Å². The van der Waals surface area contributed by atoms with Crippen LogP contribution < -0.4 is 0 Å². The van der Waals surface area contributed by atoms with Gasteiger partial charge in [0.1, 0.15) is 6.10 Å². The molecule has 1 unspecified atom stereocenters. The maximum atomic E-state index is 10.6. The first-order chi connectivity index (χ1) is 9.25. The van der Waals surface area contributed by atoms with E-state index in [1.165, 1.54) is 0 Å². The van der Waals surface area contributed by atoms with Crippen LogP contribution in [0.2, 0.25) is 0 Å². The van der Waals surface area contributed by atoms with Crippen molar-refractivity contribution in [3.63, 3.8) is 0 Å². The lowest BCUT2D eigenvalue weighted by Gasteiger charge is -2.14. The number of aryl methyl sites for hydroxylation is 1. The largest absolute Gasteiger partial charge is 0.384 e. The minimum absolute atomic E-state index is 0.618. The molecule has 0 aliphatic rings. The zero-order valence-electron chi connectivity index (χ0n) is 10.7. The van der Waals surface area contributed by atoms with Crippen LogP contribution in [-0.4, -0.2) is 10.1 Å². The molecule has 0 aliphatic carbocycles. The third-order valence-corrected chi connectivity index (χ3v) is 3.29. The second kappa shape index (κ2) is 4.82. The van der Waals surface area contributed by atoms with Gasteiger partial charge in [-0.3, -0.25) is 4.98 Å². The molecular formula is C17H15NO. The fraction of sp³-hybridized carbons (Fsp3) is 0.118. The summed E-state index contributed by atoms with van der Waals surface area (Å²) in [6.45, 7) is 1.95. The summed E-state index contributed by atoms with van der Waals surface area (Å²) in [4.78, 5) is 4.50. The lowest BCUT2D eigenvalue weighted by Crippen LogP contribution is -2.02. The fourth-order valence-corrected chi connectivity index (χ4v) is 2.38. The van der Waals surface area contributed by atoms with Gasteiger partial charge in [0.2, 0.25) is 0 Å². The van der Waals surface area contributed by atoms with Crippen LogP contribution in [0.5, 0.6) is 0 Å². The molecule has 19 heavy (non-hydrogen) atoms. The van der Waals surface area contributed by atoms with Crippen molar-refractivity contribution in [2.75, 3.05) is 0 Å². The van der Waals surface area contributed by atoms with E-state index in [0.717, 1.165) is 27.7 Å². The average molecular weight is 249 g/mol. The summed E-state index contributed by atoms with van der Waals surface area (Å²) < 4.78 is 0. The molecule has 0 radical (unpaired) electrons. The monoisotopic (exact) mass is 249 g/mol. The summed E-state index contributed by atoms with van der Waals surface area (Å²) in [6.07, 6.45) is -0.618. The zero-order chi connectivity index (χ0) is 13.2. The number of hydrogen-bond acceptors (Lipinski definition) is 2. The molecule has 0 amide bonds. The maximum absolute atomic E-state index is 10.6. The van der Waals surface area contributed by atoms with Gasteiger partial charge < -0.3 is 5.11 Å². The van der Waals surface area contributed by atoms with E-state index in [1.54, 1.807) is 0 Å². The van der Waals surface area contributed by atoms with Crippen molar-refractivity contribution in [3.8, 4) is 0 Å². The third-order valence-electron chi connectivity index (χ3n) is 3.29. The molecule has 1 aromatic heterocycles. The molecule has 2 nitrogen and oxygen atoms in total. The van der Waals surface area contributed by atoms with Crippen molar-refractivity contribution in [1.82, 2.24) is 4.98 Å². The van der Waals surface area contributed by atoms with Crippen molar-refractivity contribution in [2.24, 2.45) is 0 Å². The predicted molar refractivity (Wildman–Crippen MR) is 77.0 cm³/mol. The van der Waals surface area contributed by atoms with Crippen molar-refractivity contribution in [3.05, 3.63) is 77.5 Å². The van der Waals surface area contributed by atoms with Crippen molar-refractivity contribution < 1.29 is 5.11 Å². The molecule has 3 rings (SSSR count). The smallest absolute Gasteiger partial charge is 0.105 e. The molecule has 0 saturated heterocycles. The highest BCUT2D eigenvalue weighted by atomic mass is 16.3. The van der Waals surface area contributed by atoms with Crippen LogP contribution in [-0.2, 0) is 0 Å². The van der Waals surface area contributed by atoms with Gasteiger partial charge in [0.05, 0.1) is 5.52 Å². The van der Waals surface area contributed by atoms with Crippen LogP contribution in [0.3, 0.4) is 0 Å². The number of para-hydroxylation sites is 1. The van der Waals surface area contributed by atoms with Gasteiger partial charge >= 0.3 is 0 Å². The number of aliphatic hydroxyl groups is 1. The van der Waals surface area contributed by atoms with Gasteiger partial charge in [0, 0.05) is 11.1 Å². The first-order valence-corrected chi connectivity index (χ1v) is 6.35. The van der Waals surface area contributed by atoms with Crippen molar-refractivity contribution in [1.29, 1.82) is 0 Å². The number of nitrogens with zero attached hydrogens (tertiary/aromatic N) is 1. The Labute approximate surface area is 112 Å². The summed E-state index contributed by atoms with van der Waals surface area (Å²) in [7, 11) is 0. The molecule has 3 aromatic rings. The Morgan fingerprint density at radius 3 is 2.42 bits per heavy atom. The second-order valence-corrected chi connectivity index (χ2v) is 4.68. The van der Waals surface area contributed by atoms with E-state index in [4.69, 9.17) is 0 Å². The summed E-state index contributed by atoms with van der Waals surface area (Å²) in [5.74, 6) is 0. The maximum Gasteiger partial charge on any atom is 0.105 e. The summed E-state index contributed by atoms with van der Waals surface area (Å²) in [6, 6.07) is 19.6. The van der Waals surface area contributed by atoms with E-state index in [1.807, 2.05) is 67.6 Å². The van der Waals surface area contributed by atoms with E-state index in [-0.39, 0.29) is 0 Å². The van der Waals surface area contributed by atoms with Crippen LogP contribution in [0.25, 0.3) is 10.9 Å². The van der Waals surface area contributed by atoms with E-state index >= 15 is 0 Å². The average Bonchev–Trinajstić information content (AvgIpc) is 2.46. The summed E-state index contributed by atoms with van der Waals surface area (Å²) in [5.41, 5.74) is 3.66.